The Bertz CT molecular complexity index is 389. The molecule has 5 nitrogen and oxygen atoms in total. The molecule has 19 heavy (non-hydrogen) atoms. The average molecular weight is 267 g/mol. The maximum Gasteiger partial charge on any atom is 0.246 e. The van der Waals surface area contributed by atoms with E-state index < -0.39 is 11.1 Å². The third-order valence-corrected chi connectivity index (χ3v) is 4.21. The van der Waals surface area contributed by atoms with E-state index in [9.17, 15) is 0 Å². The Hall–Kier alpha value is -0.940. The highest BCUT2D eigenvalue weighted by molar-refractivity contribution is 5.07. The molecule has 0 radical (unpaired) electrons. The van der Waals surface area contributed by atoms with Gasteiger partial charge in [0.15, 0.2) is 0 Å². The van der Waals surface area contributed by atoms with Crippen molar-refractivity contribution in [2.24, 2.45) is 5.73 Å². The van der Waals surface area contributed by atoms with E-state index in [1.165, 1.54) is 6.42 Å². The van der Waals surface area contributed by atoms with Gasteiger partial charge in [0.05, 0.1) is 5.54 Å². The highest BCUT2D eigenvalue weighted by atomic mass is 16.5. The molecule has 0 amide bonds. The minimum atomic E-state index is -0.485. The second kappa shape index (κ2) is 5.59. The second-order valence-corrected chi connectivity index (χ2v) is 5.66. The van der Waals surface area contributed by atoms with Crippen molar-refractivity contribution >= 4 is 0 Å². The number of hydrogen-bond acceptors (Lipinski definition) is 5. The van der Waals surface area contributed by atoms with E-state index in [4.69, 9.17) is 15.0 Å². The molecule has 1 aromatic heterocycles. The molecule has 108 valence electrons. The molecule has 1 atom stereocenters. The van der Waals surface area contributed by atoms with Crippen LogP contribution in [0.15, 0.2) is 4.52 Å². The molecule has 1 aromatic rings. The van der Waals surface area contributed by atoms with Crippen LogP contribution in [-0.4, -0.2) is 16.7 Å². The lowest BCUT2D eigenvalue weighted by Crippen LogP contribution is -2.39. The Morgan fingerprint density at radius 3 is 2.58 bits per heavy atom. The van der Waals surface area contributed by atoms with Crippen molar-refractivity contribution in [3.05, 3.63) is 11.7 Å². The van der Waals surface area contributed by atoms with Gasteiger partial charge in [-0.1, -0.05) is 31.3 Å². The molecule has 2 rings (SSSR count). The standard InChI is InChI=1S/C14H25N3O2/c1-4-13(3,18-5-2)11-16-12(19-17-11)14(15)9-7-6-8-10-14/h4-10,15H2,1-3H3. The molecule has 5 heteroatoms. The van der Waals surface area contributed by atoms with Crippen LogP contribution in [0.25, 0.3) is 0 Å². The maximum absolute atomic E-state index is 6.42. The van der Waals surface area contributed by atoms with Gasteiger partial charge in [-0.2, -0.15) is 4.98 Å². The molecule has 1 unspecified atom stereocenters. The van der Waals surface area contributed by atoms with Gasteiger partial charge in [0.25, 0.3) is 0 Å². The summed E-state index contributed by atoms with van der Waals surface area (Å²) < 4.78 is 11.2. The molecule has 0 saturated heterocycles. The number of nitrogens with two attached hydrogens (primary N) is 1. The number of rotatable bonds is 5. The van der Waals surface area contributed by atoms with Crippen LogP contribution in [0.5, 0.6) is 0 Å². The number of ether oxygens (including phenoxy) is 1. The fourth-order valence-electron chi connectivity index (χ4n) is 2.68. The van der Waals surface area contributed by atoms with Gasteiger partial charge in [0.2, 0.25) is 11.7 Å². The van der Waals surface area contributed by atoms with Crippen molar-refractivity contribution in [1.29, 1.82) is 0 Å². The van der Waals surface area contributed by atoms with Gasteiger partial charge in [-0.25, -0.2) is 0 Å². The highest BCUT2D eigenvalue weighted by Crippen LogP contribution is 2.35. The molecular formula is C14H25N3O2. The Kier molecular flexibility index (Phi) is 4.26. The molecular weight excluding hydrogens is 242 g/mol. The largest absolute Gasteiger partial charge is 0.367 e. The van der Waals surface area contributed by atoms with Crippen LogP contribution in [0, 0.1) is 0 Å². The van der Waals surface area contributed by atoms with E-state index in [-0.39, 0.29) is 0 Å². The molecule has 0 aromatic carbocycles. The topological polar surface area (TPSA) is 74.2 Å². The SMILES string of the molecule is CCOC(C)(CC)c1noc(C2(N)CCCCC2)n1. The van der Waals surface area contributed by atoms with Gasteiger partial charge in [-0.05, 0) is 33.1 Å². The van der Waals surface area contributed by atoms with Crippen LogP contribution in [0.4, 0.5) is 0 Å². The first-order valence-corrected chi connectivity index (χ1v) is 7.31. The van der Waals surface area contributed by atoms with E-state index >= 15 is 0 Å². The summed E-state index contributed by atoms with van der Waals surface area (Å²) in [5, 5.41) is 4.11. The predicted octanol–water partition coefficient (Wildman–Crippen LogP) is 2.85. The normalized spacial score (nSPS) is 22.1. The minimum Gasteiger partial charge on any atom is -0.367 e. The summed E-state index contributed by atoms with van der Waals surface area (Å²) in [6.07, 6.45) is 6.15. The Morgan fingerprint density at radius 1 is 1.32 bits per heavy atom. The second-order valence-electron chi connectivity index (χ2n) is 5.66. The molecule has 1 aliphatic carbocycles. The zero-order chi connectivity index (χ0) is 13.9. The third-order valence-electron chi connectivity index (χ3n) is 4.21. The fourth-order valence-corrected chi connectivity index (χ4v) is 2.68. The molecule has 1 heterocycles. The number of hydrogen-bond donors (Lipinski definition) is 1. The summed E-state index contributed by atoms with van der Waals surface area (Å²) in [5.41, 5.74) is 5.49. The molecule has 0 bridgehead atoms. The fraction of sp³-hybridized carbons (Fsp3) is 0.857. The van der Waals surface area contributed by atoms with Gasteiger partial charge in [0.1, 0.15) is 5.60 Å². The van der Waals surface area contributed by atoms with Crippen molar-refractivity contribution in [1.82, 2.24) is 10.1 Å². The smallest absolute Gasteiger partial charge is 0.246 e. The number of nitrogens with zero attached hydrogens (tertiary/aromatic N) is 2. The lowest BCUT2D eigenvalue weighted by Gasteiger charge is -2.29. The molecule has 1 aliphatic rings. The van der Waals surface area contributed by atoms with Gasteiger partial charge >= 0.3 is 0 Å². The summed E-state index contributed by atoms with van der Waals surface area (Å²) in [4.78, 5) is 4.54. The summed E-state index contributed by atoms with van der Waals surface area (Å²) in [6.45, 7) is 6.65. The maximum atomic E-state index is 6.42. The van der Waals surface area contributed by atoms with Crippen molar-refractivity contribution < 1.29 is 9.26 Å². The molecule has 0 aliphatic heterocycles. The van der Waals surface area contributed by atoms with Crippen molar-refractivity contribution in [2.75, 3.05) is 6.61 Å². The summed E-state index contributed by atoms with van der Waals surface area (Å²) in [5.74, 6) is 1.18. The van der Waals surface area contributed by atoms with Crippen LogP contribution in [0.2, 0.25) is 0 Å². The Morgan fingerprint density at radius 2 is 2.00 bits per heavy atom. The van der Waals surface area contributed by atoms with Crippen LogP contribution >= 0.6 is 0 Å². The zero-order valence-electron chi connectivity index (χ0n) is 12.2. The minimum absolute atomic E-state index is 0.440. The van der Waals surface area contributed by atoms with Gasteiger partial charge in [0, 0.05) is 6.61 Å². The van der Waals surface area contributed by atoms with E-state index in [1.54, 1.807) is 0 Å². The first-order valence-electron chi connectivity index (χ1n) is 7.31. The van der Waals surface area contributed by atoms with Crippen molar-refractivity contribution in [3.8, 4) is 0 Å². The lowest BCUT2D eigenvalue weighted by molar-refractivity contribution is -0.0403. The number of aromatic nitrogens is 2. The van der Waals surface area contributed by atoms with Crippen molar-refractivity contribution in [3.63, 3.8) is 0 Å². The highest BCUT2D eigenvalue weighted by Gasteiger charge is 2.38. The van der Waals surface area contributed by atoms with Gasteiger partial charge in [-0.3, -0.25) is 0 Å². The molecule has 1 fully saturated rings. The Labute approximate surface area is 114 Å². The lowest BCUT2D eigenvalue weighted by atomic mass is 9.82. The monoisotopic (exact) mass is 267 g/mol. The third kappa shape index (κ3) is 2.82. The van der Waals surface area contributed by atoms with Crippen LogP contribution in [-0.2, 0) is 15.9 Å². The van der Waals surface area contributed by atoms with Crippen LogP contribution in [0.3, 0.4) is 0 Å². The first-order chi connectivity index (χ1) is 9.04. The molecule has 0 spiro atoms. The van der Waals surface area contributed by atoms with Crippen LogP contribution < -0.4 is 5.73 Å². The van der Waals surface area contributed by atoms with E-state index in [1.807, 2.05) is 13.8 Å². The van der Waals surface area contributed by atoms with E-state index in [0.29, 0.717) is 18.3 Å². The Balaban J connectivity index is 2.22. The predicted molar refractivity (Wildman–Crippen MR) is 72.5 cm³/mol. The van der Waals surface area contributed by atoms with E-state index in [2.05, 4.69) is 17.1 Å². The quantitative estimate of drug-likeness (QED) is 0.888. The molecule has 1 saturated carbocycles. The summed E-state index contributed by atoms with van der Waals surface area (Å²) >= 11 is 0. The first kappa shape index (κ1) is 14.5. The summed E-state index contributed by atoms with van der Waals surface area (Å²) in [7, 11) is 0. The average Bonchev–Trinajstić information content (AvgIpc) is 2.91. The van der Waals surface area contributed by atoms with Gasteiger partial charge in [-0.15, -0.1) is 0 Å². The van der Waals surface area contributed by atoms with Crippen molar-refractivity contribution in [2.45, 2.75) is 70.4 Å². The van der Waals surface area contributed by atoms with E-state index in [0.717, 1.165) is 32.1 Å². The summed E-state index contributed by atoms with van der Waals surface area (Å²) in [6, 6.07) is 0. The molecule has 2 N–H and O–H groups in total. The van der Waals surface area contributed by atoms with Crippen LogP contribution in [0.1, 0.15) is 71.0 Å². The van der Waals surface area contributed by atoms with Gasteiger partial charge < -0.3 is 15.0 Å². The zero-order valence-corrected chi connectivity index (χ0v) is 12.2.